The van der Waals surface area contributed by atoms with Gasteiger partial charge in [-0.2, -0.15) is 0 Å². The highest BCUT2D eigenvalue weighted by Crippen LogP contribution is 2.66. The van der Waals surface area contributed by atoms with Gasteiger partial charge in [-0.3, -0.25) is 0 Å². The molecule has 0 heterocycles. The lowest BCUT2D eigenvalue weighted by Crippen LogP contribution is -2.37. The topological polar surface area (TPSA) is 32.6 Å². The fourth-order valence-corrected chi connectivity index (χ4v) is 6.55. The highest BCUT2D eigenvalue weighted by molar-refractivity contribution is 6.06. The third kappa shape index (κ3) is 1.50. The SMILES string of the molecule is C[C@@H]1[C@H]2C[C@H](C/C2=C2/C(=N\O)[C@@H]3C[C@H]2C(C)(C)[C@H]3C)C1(C)C. The molecule has 0 radical (unpaired) electrons. The lowest BCUT2D eigenvalue weighted by atomic mass is 9.62. The molecule has 0 aromatic rings. The summed E-state index contributed by atoms with van der Waals surface area (Å²) in [7, 11) is 0. The Morgan fingerprint density at radius 3 is 2.14 bits per heavy atom. The molecule has 2 heteroatoms. The Labute approximate surface area is 135 Å². The van der Waals surface area contributed by atoms with Crippen LogP contribution in [-0.4, -0.2) is 10.9 Å². The molecule has 0 aromatic heterocycles. The Morgan fingerprint density at radius 1 is 0.955 bits per heavy atom. The van der Waals surface area contributed by atoms with E-state index in [-0.39, 0.29) is 0 Å². The second kappa shape index (κ2) is 4.19. The zero-order valence-electron chi connectivity index (χ0n) is 15.0. The predicted molar refractivity (Wildman–Crippen MR) is 89.9 cm³/mol. The molecule has 4 rings (SSSR count). The average molecular weight is 301 g/mol. The summed E-state index contributed by atoms with van der Waals surface area (Å²) in [5.74, 6) is 4.04. The fourth-order valence-electron chi connectivity index (χ4n) is 6.55. The van der Waals surface area contributed by atoms with E-state index in [1.165, 1.54) is 24.8 Å². The van der Waals surface area contributed by atoms with Gasteiger partial charge >= 0.3 is 0 Å². The van der Waals surface area contributed by atoms with Crippen LogP contribution in [0.25, 0.3) is 0 Å². The fraction of sp³-hybridized carbons (Fsp3) is 0.850. The van der Waals surface area contributed by atoms with Crippen LogP contribution in [0.2, 0.25) is 0 Å². The molecule has 0 unspecified atom stereocenters. The van der Waals surface area contributed by atoms with E-state index in [1.54, 1.807) is 5.57 Å². The summed E-state index contributed by atoms with van der Waals surface area (Å²) in [5.41, 5.74) is 5.06. The monoisotopic (exact) mass is 301 g/mol. The van der Waals surface area contributed by atoms with E-state index in [1.807, 2.05) is 0 Å². The molecular weight excluding hydrogens is 270 g/mol. The average Bonchev–Trinajstić information content (AvgIpc) is 3.14. The maximum Gasteiger partial charge on any atom is 0.0864 e. The molecule has 0 aromatic carbocycles. The number of hydrogen-bond acceptors (Lipinski definition) is 2. The minimum absolute atomic E-state index is 0.349. The van der Waals surface area contributed by atoms with Gasteiger partial charge in [-0.05, 0) is 65.3 Å². The van der Waals surface area contributed by atoms with Gasteiger partial charge in [0, 0.05) is 5.92 Å². The first-order valence-corrected chi connectivity index (χ1v) is 9.16. The molecule has 0 amide bonds. The van der Waals surface area contributed by atoms with Gasteiger partial charge in [0.1, 0.15) is 0 Å². The molecule has 4 aliphatic carbocycles. The first kappa shape index (κ1) is 14.8. The Hall–Kier alpha value is -0.790. The zero-order chi connectivity index (χ0) is 16.0. The molecule has 2 nitrogen and oxygen atoms in total. The van der Waals surface area contributed by atoms with E-state index < -0.39 is 0 Å². The Kier molecular flexibility index (Phi) is 2.81. The van der Waals surface area contributed by atoms with E-state index in [4.69, 9.17) is 0 Å². The van der Waals surface area contributed by atoms with E-state index in [9.17, 15) is 5.21 Å². The van der Waals surface area contributed by atoms with Crippen molar-refractivity contribution in [2.45, 2.75) is 60.8 Å². The summed E-state index contributed by atoms with van der Waals surface area (Å²) in [5, 5.41) is 13.5. The van der Waals surface area contributed by atoms with E-state index in [0.29, 0.717) is 28.6 Å². The quantitative estimate of drug-likeness (QED) is 0.488. The van der Waals surface area contributed by atoms with Gasteiger partial charge in [0.05, 0.1) is 5.71 Å². The molecule has 4 saturated carbocycles. The molecule has 0 aliphatic heterocycles. The van der Waals surface area contributed by atoms with Crippen LogP contribution in [0, 0.1) is 46.3 Å². The van der Waals surface area contributed by atoms with E-state index in [0.717, 1.165) is 23.5 Å². The van der Waals surface area contributed by atoms with Crippen molar-refractivity contribution in [2.24, 2.45) is 51.5 Å². The minimum atomic E-state index is 0.349. The highest BCUT2D eigenvalue weighted by Gasteiger charge is 2.60. The molecular formula is C20H31NO. The van der Waals surface area contributed by atoms with Crippen LogP contribution in [0.4, 0.5) is 0 Å². The van der Waals surface area contributed by atoms with Crippen molar-refractivity contribution in [1.29, 1.82) is 0 Å². The standard InChI is InChI=1S/C20H31NO/c1-10-13-7-12(19(10,3)4)8-15(13)17-16-9-14(18(17)21-22)11(2)20(16,5)6/h10-14,16,22H,7-9H2,1-6H3/b17-15-,21-18-/t10-,11+,12-,13-,14-,16-/m1/s1. The maximum atomic E-state index is 9.70. The van der Waals surface area contributed by atoms with Crippen molar-refractivity contribution in [3.63, 3.8) is 0 Å². The lowest BCUT2D eigenvalue weighted by molar-refractivity contribution is 0.160. The minimum Gasteiger partial charge on any atom is -0.411 e. The number of rotatable bonds is 0. The summed E-state index contributed by atoms with van der Waals surface area (Å²) in [4.78, 5) is 0. The molecule has 1 N–H and O–H groups in total. The third-order valence-electron chi connectivity index (χ3n) is 8.88. The van der Waals surface area contributed by atoms with Crippen LogP contribution in [0.3, 0.4) is 0 Å². The van der Waals surface area contributed by atoms with Crippen molar-refractivity contribution in [2.75, 3.05) is 0 Å². The Bertz CT molecular complexity index is 579. The van der Waals surface area contributed by atoms with Crippen LogP contribution in [0.15, 0.2) is 16.3 Å². The van der Waals surface area contributed by atoms with Gasteiger partial charge in [0.15, 0.2) is 0 Å². The first-order valence-electron chi connectivity index (χ1n) is 9.16. The number of nitrogens with zero attached hydrogens (tertiary/aromatic N) is 1. The molecule has 6 atom stereocenters. The summed E-state index contributed by atoms with van der Waals surface area (Å²) < 4.78 is 0. The number of fused-ring (bicyclic) bond motifs is 4. The van der Waals surface area contributed by atoms with Crippen LogP contribution >= 0.6 is 0 Å². The number of allylic oxidation sites excluding steroid dienone is 2. The van der Waals surface area contributed by atoms with Crippen LogP contribution < -0.4 is 0 Å². The van der Waals surface area contributed by atoms with Crippen molar-refractivity contribution < 1.29 is 5.21 Å². The number of hydrogen-bond donors (Lipinski definition) is 1. The van der Waals surface area contributed by atoms with Crippen LogP contribution in [0.1, 0.15) is 60.8 Å². The highest BCUT2D eigenvalue weighted by atomic mass is 16.4. The van der Waals surface area contributed by atoms with Gasteiger partial charge in [-0.25, -0.2) is 0 Å². The van der Waals surface area contributed by atoms with Gasteiger partial charge in [-0.1, -0.05) is 52.3 Å². The summed E-state index contributed by atoms with van der Waals surface area (Å²) in [6.45, 7) is 14.6. The molecule has 122 valence electrons. The van der Waals surface area contributed by atoms with Gasteiger partial charge < -0.3 is 5.21 Å². The molecule has 0 saturated heterocycles. The molecule has 22 heavy (non-hydrogen) atoms. The van der Waals surface area contributed by atoms with E-state index >= 15 is 0 Å². The summed E-state index contributed by atoms with van der Waals surface area (Å²) in [6, 6.07) is 0. The smallest absolute Gasteiger partial charge is 0.0864 e. The molecule has 0 spiro atoms. The second-order valence-corrected chi connectivity index (χ2v) is 9.78. The molecule has 4 aliphatic rings. The summed E-state index contributed by atoms with van der Waals surface area (Å²) >= 11 is 0. The Morgan fingerprint density at radius 2 is 1.59 bits per heavy atom. The molecule has 4 bridgehead atoms. The number of oxime groups is 1. The van der Waals surface area contributed by atoms with E-state index in [2.05, 4.69) is 46.7 Å². The van der Waals surface area contributed by atoms with Crippen molar-refractivity contribution in [3.8, 4) is 0 Å². The van der Waals surface area contributed by atoms with Gasteiger partial charge in [0.2, 0.25) is 0 Å². The third-order valence-corrected chi connectivity index (χ3v) is 8.88. The van der Waals surface area contributed by atoms with Crippen molar-refractivity contribution >= 4 is 5.71 Å². The Balaban J connectivity index is 1.81. The van der Waals surface area contributed by atoms with Gasteiger partial charge in [-0.15, -0.1) is 0 Å². The zero-order valence-corrected chi connectivity index (χ0v) is 15.0. The van der Waals surface area contributed by atoms with Crippen molar-refractivity contribution in [3.05, 3.63) is 11.1 Å². The van der Waals surface area contributed by atoms with Crippen molar-refractivity contribution in [1.82, 2.24) is 0 Å². The normalized spacial score (nSPS) is 52.9. The van der Waals surface area contributed by atoms with Crippen LogP contribution in [0.5, 0.6) is 0 Å². The predicted octanol–water partition coefficient (Wildman–Crippen LogP) is 5.13. The molecule has 4 fully saturated rings. The second-order valence-electron chi connectivity index (χ2n) is 9.78. The van der Waals surface area contributed by atoms with Crippen LogP contribution in [-0.2, 0) is 0 Å². The van der Waals surface area contributed by atoms with Gasteiger partial charge in [0.25, 0.3) is 0 Å². The summed E-state index contributed by atoms with van der Waals surface area (Å²) in [6.07, 6.45) is 3.82. The largest absolute Gasteiger partial charge is 0.411 e. The lowest BCUT2D eigenvalue weighted by Gasteiger charge is -2.42. The maximum absolute atomic E-state index is 9.70. The first-order chi connectivity index (χ1) is 10.2.